The van der Waals surface area contributed by atoms with Crippen LogP contribution >= 0.6 is 0 Å². The summed E-state index contributed by atoms with van der Waals surface area (Å²) in [5, 5.41) is 0. The van der Waals surface area contributed by atoms with Gasteiger partial charge in [-0.05, 0) is 24.0 Å². The van der Waals surface area contributed by atoms with E-state index in [1.807, 2.05) is 24.3 Å². The Balaban J connectivity index is 2.28. The fraction of sp³-hybridized carbons (Fsp3) is 0.455. The lowest BCUT2D eigenvalue weighted by atomic mass is 9.76. The minimum Gasteiger partial charge on any atom is -0.326 e. The molecule has 0 saturated heterocycles. The monoisotopic (exact) mass is 179 g/mol. The molecule has 1 saturated carbocycles. The summed E-state index contributed by atoms with van der Waals surface area (Å²) >= 11 is 0. The summed E-state index contributed by atoms with van der Waals surface area (Å²) < 4.78 is 13.1. The molecule has 1 aromatic rings. The molecule has 0 amide bonds. The fourth-order valence-electron chi connectivity index (χ4n) is 1.89. The zero-order valence-corrected chi connectivity index (χ0v) is 7.54. The SMILES string of the molecule is NCc1ccccc1C1CCC1F. The van der Waals surface area contributed by atoms with Crippen LogP contribution in [0.5, 0.6) is 0 Å². The van der Waals surface area contributed by atoms with E-state index < -0.39 is 6.17 Å². The van der Waals surface area contributed by atoms with Crippen LogP contribution in [0.1, 0.15) is 29.9 Å². The van der Waals surface area contributed by atoms with E-state index >= 15 is 0 Å². The van der Waals surface area contributed by atoms with E-state index in [4.69, 9.17) is 5.73 Å². The summed E-state index contributed by atoms with van der Waals surface area (Å²) in [7, 11) is 0. The third-order valence-electron chi connectivity index (χ3n) is 2.86. The lowest BCUT2D eigenvalue weighted by Gasteiger charge is -2.32. The number of rotatable bonds is 2. The maximum Gasteiger partial charge on any atom is 0.107 e. The quantitative estimate of drug-likeness (QED) is 0.741. The first-order valence-electron chi connectivity index (χ1n) is 4.75. The van der Waals surface area contributed by atoms with E-state index in [9.17, 15) is 4.39 Å². The molecule has 1 aromatic carbocycles. The highest BCUT2D eigenvalue weighted by atomic mass is 19.1. The van der Waals surface area contributed by atoms with Gasteiger partial charge in [-0.15, -0.1) is 0 Å². The molecule has 2 rings (SSSR count). The summed E-state index contributed by atoms with van der Waals surface area (Å²) in [5.74, 6) is 0.111. The minimum atomic E-state index is -0.646. The van der Waals surface area contributed by atoms with Crippen molar-refractivity contribution in [1.29, 1.82) is 0 Å². The molecule has 0 bridgehead atoms. The van der Waals surface area contributed by atoms with Gasteiger partial charge in [0.2, 0.25) is 0 Å². The van der Waals surface area contributed by atoms with Gasteiger partial charge in [-0.2, -0.15) is 0 Å². The maximum atomic E-state index is 13.1. The molecule has 2 N–H and O–H groups in total. The van der Waals surface area contributed by atoms with Crippen LogP contribution in [0, 0.1) is 0 Å². The van der Waals surface area contributed by atoms with Crippen LogP contribution in [0.15, 0.2) is 24.3 Å². The average molecular weight is 179 g/mol. The molecule has 2 unspecified atom stereocenters. The number of hydrogen-bond acceptors (Lipinski definition) is 1. The van der Waals surface area contributed by atoms with Crippen molar-refractivity contribution in [1.82, 2.24) is 0 Å². The van der Waals surface area contributed by atoms with E-state index in [2.05, 4.69) is 0 Å². The highest BCUT2D eigenvalue weighted by molar-refractivity contribution is 5.32. The van der Waals surface area contributed by atoms with Crippen molar-refractivity contribution in [3.05, 3.63) is 35.4 Å². The first-order valence-corrected chi connectivity index (χ1v) is 4.75. The Hall–Kier alpha value is -0.890. The van der Waals surface area contributed by atoms with Gasteiger partial charge in [0.25, 0.3) is 0 Å². The average Bonchev–Trinajstić information content (AvgIpc) is 2.16. The third kappa shape index (κ3) is 1.46. The van der Waals surface area contributed by atoms with Gasteiger partial charge in [0.1, 0.15) is 6.17 Å². The Morgan fingerprint density at radius 2 is 2.08 bits per heavy atom. The lowest BCUT2D eigenvalue weighted by molar-refractivity contribution is 0.169. The molecule has 0 spiro atoms. The van der Waals surface area contributed by atoms with Crippen LogP contribution in [-0.2, 0) is 6.54 Å². The molecule has 2 atom stereocenters. The van der Waals surface area contributed by atoms with Crippen LogP contribution in [-0.4, -0.2) is 6.17 Å². The smallest absolute Gasteiger partial charge is 0.107 e. The molecule has 0 aliphatic heterocycles. The van der Waals surface area contributed by atoms with Crippen molar-refractivity contribution in [2.24, 2.45) is 5.73 Å². The van der Waals surface area contributed by atoms with Gasteiger partial charge in [0, 0.05) is 12.5 Å². The molecule has 2 heteroatoms. The first kappa shape index (κ1) is 8.70. The molecule has 13 heavy (non-hydrogen) atoms. The Labute approximate surface area is 77.8 Å². The van der Waals surface area contributed by atoms with E-state index in [0.29, 0.717) is 13.0 Å². The Kier molecular flexibility index (Phi) is 2.32. The van der Waals surface area contributed by atoms with Crippen LogP contribution in [0.2, 0.25) is 0 Å². The van der Waals surface area contributed by atoms with Crippen LogP contribution in [0.4, 0.5) is 4.39 Å². The number of alkyl halides is 1. The predicted octanol–water partition coefficient (Wildman–Crippen LogP) is 2.36. The van der Waals surface area contributed by atoms with Gasteiger partial charge in [0.15, 0.2) is 0 Å². The minimum absolute atomic E-state index is 0.111. The van der Waals surface area contributed by atoms with Crippen molar-refractivity contribution in [3.63, 3.8) is 0 Å². The van der Waals surface area contributed by atoms with Crippen molar-refractivity contribution < 1.29 is 4.39 Å². The standard InChI is InChI=1S/C11H14FN/c12-11-6-5-10(11)9-4-2-1-3-8(9)7-13/h1-4,10-11H,5-7,13H2. The van der Waals surface area contributed by atoms with Crippen molar-refractivity contribution in [2.75, 3.05) is 0 Å². The van der Waals surface area contributed by atoms with E-state index in [-0.39, 0.29) is 5.92 Å². The fourth-order valence-corrected chi connectivity index (χ4v) is 1.89. The molecular weight excluding hydrogens is 165 g/mol. The van der Waals surface area contributed by atoms with E-state index in [0.717, 1.165) is 17.5 Å². The van der Waals surface area contributed by atoms with E-state index in [1.54, 1.807) is 0 Å². The first-order chi connectivity index (χ1) is 6.33. The predicted molar refractivity (Wildman–Crippen MR) is 51.2 cm³/mol. The molecular formula is C11H14FN. The second-order valence-electron chi connectivity index (χ2n) is 3.60. The number of benzene rings is 1. The van der Waals surface area contributed by atoms with Gasteiger partial charge in [-0.3, -0.25) is 0 Å². The van der Waals surface area contributed by atoms with Gasteiger partial charge < -0.3 is 5.73 Å². The topological polar surface area (TPSA) is 26.0 Å². The highest BCUT2D eigenvalue weighted by Crippen LogP contribution is 2.40. The van der Waals surface area contributed by atoms with Gasteiger partial charge in [-0.25, -0.2) is 4.39 Å². The molecule has 0 radical (unpaired) electrons. The normalized spacial score (nSPS) is 26.9. The molecule has 0 aromatic heterocycles. The zero-order chi connectivity index (χ0) is 9.26. The number of hydrogen-bond donors (Lipinski definition) is 1. The molecule has 1 aliphatic carbocycles. The van der Waals surface area contributed by atoms with Gasteiger partial charge in [-0.1, -0.05) is 24.3 Å². The lowest BCUT2D eigenvalue weighted by Crippen LogP contribution is -2.26. The van der Waals surface area contributed by atoms with Crippen LogP contribution < -0.4 is 5.73 Å². The summed E-state index contributed by atoms with van der Waals surface area (Å²) in [6.45, 7) is 0.513. The van der Waals surface area contributed by atoms with Gasteiger partial charge in [0.05, 0.1) is 0 Å². The maximum absolute atomic E-state index is 13.1. The molecule has 1 aliphatic rings. The summed E-state index contributed by atoms with van der Waals surface area (Å²) in [6, 6.07) is 7.90. The van der Waals surface area contributed by atoms with Crippen LogP contribution in [0.3, 0.4) is 0 Å². The zero-order valence-electron chi connectivity index (χ0n) is 7.54. The Morgan fingerprint density at radius 3 is 2.62 bits per heavy atom. The van der Waals surface area contributed by atoms with Crippen molar-refractivity contribution in [3.8, 4) is 0 Å². The van der Waals surface area contributed by atoms with Gasteiger partial charge >= 0.3 is 0 Å². The van der Waals surface area contributed by atoms with E-state index in [1.165, 1.54) is 0 Å². The van der Waals surface area contributed by atoms with Crippen LogP contribution in [0.25, 0.3) is 0 Å². The summed E-state index contributed by atoms with van der Waals surface area (Å²) in [6.07, 6.45) is 1.04. The summed E-state index contributed by atoms with van der Waals surface area (Å²) in [4.78, 5) is 0. The molecule has 1 nitrogen and oxygen atoms in total. The number of nitrogens with two attached hydrogens (primary N) is 1. The Bertz CT molecular complexity index is 298. The largest absolute Gasteiger partial charge is 0.326 e. The molecule has 0 heterocycles. The molecule has 70 valence electrons. The Morgan fingerprint density at radius 1 is 1.31 bits per heavy atom. The second kappa shape index (κ2) is 3.46. The van der Waals surface area contributed by atoms with Crippen molar-refractivity contribution >= 4 is 0 Å². The number of halogens is 1. The summed E-state index contributed by atoms with van der Waals surface area (Å²) in [5.41, 5.74) is 7.80. The second-order valence-corrected chi connectivity index (χ2v) is 3.60. The third-order valence-corrected chi connectivity index (χ3v) is 2.86. The van der Waals surface area contributed by atoms with Crippen molar-refractivity contribution in [2.45, 2.75) is 31.5 Å². The molecule has 1 fully saturated rings. The highest BCUT2D eigenvalue weighted by Gasteiger charge is 2.32.